The second kappa shape index (κ2) is 13.0. The van der Waals surface area contributed by atoms with Gasteiger partial charge in [-0.05, 0) is 62.1 Å². The Balaban J connectivity index is 1.36. The van der Waals surface area contributed by atoms with E-state index < -0.39 is 23.7 Å². The van der Waals surface area contributed by atoms with Crippen molar-refractivity contribution < 1.29 is 23.9 Å². The minimum atomic E-state index is -0.839. The number of esters is 1. The zero-order valence-corrected chi connectivity index (χ0v) is 23.0. The average molecular weight is 542 g/mol. The lowest BCUT2D eigenvalue weighted by Gasteiger charge is -2.23. The fraction of sp³-hybridized carbons (Fsp3) is 0.281. The van der Waals surface area contributed by atoms with Crippen LogP contribution in [0.4, 0.5) is 4.79 Å². The lowest BCUT2D eigenvalue weighted by atomic mass is 10.0. The summed E-state index contributed by atoms with van der Waals surface area (Å²) < 4.78 is 10.8. The lowest BCUT2D eigenvalue weighted by molar-refractivity contribution is -0.123. The van der Waals surface area contributed by atoms with Gasteiger partial charge >= 0.3 is 12.1 Å². The highest BCUT2D eigenvalue weighted by atomic mass is 16.6. The predicted octanol–water partition coefficient (Wildman–Crippen LogP) is 5.32. The number of hydrogen-bond acceptors (Lipinski definition) is 5. The quantitative estimate of drug-likeness (QED) is 0.236. The van der Waals surface area contributed by atoms with Crippen molar-refractivity contribution in [1.29, 1.82) is 0 Å². The summed E-state index contributed by atoms with van der Waals surface area (Å²) in [5, 5.41) is 6.64. The minimum absolute atomic E-state index is 0.197. The first-order chi connectivity index (χ1) is 19.2. The molecule has 3 aromatic carbocycles. The number of rotatable bonds is 10. The Morgan fingerprint density at radius 2 is 1.62 bits per heavy atom. The minimum Gasteiger partial charge on any atom is -0.457 e. The molecule has 0 bridgehead atoms. The Morgan fingerprint density at radius 3 is 2.40 bits per heavy atom. The van der Waals surface area contributed by atoms with Crippen molar-refractivity contribution in [2.75, 3.05) is 6.54 Å². The lowest BCUT2D eigenvalue weighted by Crippen LogP contribution is -2.49. The van der Waals surface area contributed by atoms with E-state index in [1.807, 2.05) is 66.9 Å². The second-order valence-electron chi connectivity index (χ2n) is 10.6. The molecule has 0 fully saturated rings. The Labute approximate surface area is 234 Å². The van der Waals surface area contributed by atoms with Crippen molar-refractivity contribution in [3.8, 4) is 0 Å². The van der Waals surface area contributed by atoms with E-state index in [9.17, 15) is 14.4 Å². The number of para-hydroxylation sites is 1. The van der Waals surface area contributed by atoms with Crippen LogP contribution < -0.4 is 10.6 Å². The van der Waals surface area contributed by atoms with Gasteiger partial charge in [-0.15, -0.1) is 0 Å². The molecule has 0 unspecified atom stereocenters. The number of amides is 2. The molecule has 8 nitrogen and oxygen atoms in total. The molecule has 1 aromatic heterocycles. The number of carbonyl (C=O) groups excluding carboxylic acids is 3. The number of hydrogen-bond donors (Lipinski definition) is 3. The van der Waals surface area contributed by atoms with Crippen LogP contribution in [0.15, 0.2) is 85.1 Å². The van der Waals surface area contributed by atoms with E-state index in [1.54, 1.807) is 39.0 Å². The van der Waals surface area contributed by atoms with E-state index in [2.05, 4.69) is 15.6 Å². The predicted molar refractivity (Wildman–Crippen MR) is 154 cm³/mol. The summed E-state index contributed by atoms with van der Waals surface area (Å²) in [4.78, 5) is 41.5. The van der Waals surface area contributed by atoms with Gasteiger partial charge in [-0.1, -0.05) is 60.7 Å². The highest BCUT2D eigenvalue weighted by Gasteiger charge is 2.25. The molecule has 0 spiro atoms. The molecule has 40 heavy (non-hydrogen) atoms. The number of fused-ring (bicyclic) bond motifs is 1. The molecule has 0 saturated carbocycles. The van der Waals surface area contributed by atoms with Gasteiger partial charge in [0.15, 0.2) is 0 Å². The number of H-pyrrole nitrogens is 1. The maximum absolute atomic E-state index is 13.2. The molecule has 208 valence electrons. The van der Waals surface area contributed by atoms with Crippen molar-refractivity contribution in [2.24, 2.45) is 0 Å². The summed E-state index contributed by atoms with van der Waals surface area (Å²) in [5.74, 6) is -0.732. The molecule has 0 aliphatic carbocycles. The van der Waals surface area contributed by atoms with Gasteiger partial charge in [-0.2, -0.15) is 0 Å². The van der Waals surface area contributed by atoms with Crippen molar-refractivity contribution in [2.45, 2.75) is 51.9 Å². The van der Waals surface area contributed by atoms with Crippen molar-refractivity contribution in [1.82, 2.24) is 15.6 Å². The average Bonchev–Trinajstić information content (AvgIpc) is 3.34. The maximum Gasteiger partial charge on any atom is 0.408 e. The number of nitrogens with one attached hydrogen (secondary N) is 3. The fourth-order valence-corrected chi connectivity index (χ4v) is 4.29. The maximum atomic E-state index is 13.2. The van der Waals surface area contributed by atoms with Crippen LogP contribution in [0.2, 0.25) is 0 Å². The number of alkyl carbamates (subject to hydrolysis) is 1. The van der Waals surface area contributed by atoms with E-state index in [-0.39, 0.29) is 18.9 Å². The number of aromatic nitrogens is 1. The summed E-state index contributed by atoms with van der Waals surface area (Å²) in [6.07, 6.45) is 1.98. The Morgan fingerprint density at radius 1 is 0.900 bits per heavy atom. The number of ether oxygens (including phenoxy) is 2. The third-order valence-corrected chi connectivity index (χ3v) is 6.19. The molecule has 0 aliphatic heterocycles. The van der Waals surface area contributed by atoms with E-state index in [0.717, 1.165) is 27.6 Å². The van der Waals surface area contributed by atoms with E-state index in [1.165, 1.54) is 0 Å². The van der Waals surface area contributed by atoms with Crippen molar-refractivity contribution >= 4 is 28.9 Å². The monoisotopic (exact) mass is 541 g/mol. The van der Waals surface area contributed by atoms with E-state index in [4.69, 9.17) is 9.47 Å². The van der Waals surface area contributed by atoms with Gasteiger partial charge in [0.1, 0.15) is 18.2 Å². The summed E-state index contributed by atoms with van der Waals surface area (Å²) in [7, 11) is 0. The van der Waals surface area contributed by atoms with Crippen LogP contribution in [0.5, 0.6) is 0 Å². The second-order valence-corrected chi connectivity index (χ2v) is 10.6. The molecule has 0 saturated heterocycles. The van der Waals surface area contributed by atoms with E-state index >= 15 is 0 Å². The summed E-state index contributed by atoms with van der Waals surface area (Å²) in [6, 6.07) is 23.6. The molecule has 3 N–H and O–H groups in total. The van der Waals surface area contributed by atoms with Crippen LogP contribution in [-0.2, 0) is 33.7 Å². The Hall–Kier alpha value is -4.59. The van der Waals surface area contributed by atoms with Gasteiger partial charge < -0.3 is 25.1 Å². The number of carbonyl (C=O) groups is 3. The third kappa shape index (κ3) is 8.20. The first-order valence-corrected chi connectivity index (χ1v) is 13.3. The standard InChI is InChI=1S/C32H35N3O5/c1-32(2,3)40-31(38)35-28(19-25-20-34-27-15-8-7-14-26(25)27)29(36)33-17-16-22-12-9-13-24(18-22)30(37)39-21-23-10-5-4-6-11-23/h4-15,18,20,28,34H,16-17,19,21H2,1-3H3,(H,33,36)(H,35,38)/t28-/m0/s1. The van der Waals surface area contributed by atoms with Gasteiger partial charge in [-0.25, -0.2) is 9.59 Å². The normalized spacial score (nSPS) is 12.0. The van der Waals surface area contributed by atoms with Gasteiger partial charge in [0.2, 0.25) is 5.91 Å². The SMILES string of the molecule is CC(C)(C)OC(=O)N[C@@H](Cc1c[nH]c2ccccc12)C(=O)NCCc1cccc(C(=O)OCc2ccccc2)c1. The first kappa shape index (κ1) is 28.4. The van der Waals surface area contributed by atoms with Crippen LogP contribution in [0, 0.1) is 0 Å². The number of benzene rings is 3. The van der Waals surface area contributed by atoms with Crippen LogP contribution in [0.25, 0.3) is 10.9 Å². The first-order valence-electron chi connectivity index (χ1n) is 13.3. The van der Waals surface area contributed by atoms with E-state index in [0.29, 0.717) is 18.5 Å². The van der Waals surface area contributed by atoms with Crippen molar-refractivity contribution in [3.63, 3.8) is 0 Å². The molecule has 0 radical (unpaired) electrons. The molecule has 4 rings (SSSR count). The molecular weight excluding hydrogens is 506 g/mol. The molecular formula is C32H35N3O5. The summed E-state index contributed by atoms with van der Waals surface area (Å²) >= 11 is 0. The van der Waals surface area contributed by atoms with Crippen molar-refractivity contribution in [3.05, 3.63) is 107 Å². The highest BCUT2D eigenvalue weighted by molar-refractivity contribution is 5.90. The Bertz CT molecular complexity index is 1460. The van der Waals surface area contributed by atoms with Crippen LogP contribution in [-0.4, -0.2) is 41.1 Å². The topological polar surface area (TPSA) is 110 Å². The molecule has 2 amide bonds. The molecule has 0 aliphatic rings. The van der Waals surface area contributed by atoms with Gasteiger partial charge in [-0.3, -0.25) is 4.79 Å². The highest BCUT2D eigenvalue weighted by Crippen LogP contribution is 2.19. The molecule has 4 aromatic rings. The zero-order valence-electron chi connectivity index (χ0n) is 23.0. The molecule has 8 heteroatoms. The van der Waals surface area contributed by atoms with Gasteiger partial charge in [0, 0.05) is 30.1 Å². The summed E-state index contributed by atoms with van der Waals surface area (Å²) in [5.41, 5.74) is 3.41. The number of aromatic amines is 1. The molecule has 1 atom stereocenters. The van der Waals surface area contributed by atoms with Crippen LogP contribution >= 0.6 is 0 Å². The Kier molecular flexibility index (Phi) is 9.22. The zero-order chi connectivity index (χ0) is 28.5. The van der Waals surface area contributed by atoms with Crippen LogP contribution in [0.1, 0.15) is 47.8 Å². The molecule has 1 heterocycles. The fourth-order valence-electron chi connectivity index (χ4n) is 4.29. The largest absolute Gasteiger partial charge is 0.457 e. The van der Waals surface area contributed by atoms with Gasteiger partial charge in [0.25, 0.3) is 0 Å². The smallest absolute Gasteiger partial charge is 0.408 e. The van der Waals surface area contributed by atoms with Gasteiger partial charge in [0.05, 0.1) is 5.56 Å². The third-order valence-electron chi connectivity index (χ3n) is 6.19. The van der Waals surface area contributed by atoms with Crippen LogP contribution in [0.3, 0.4) is 0 Å². The summed E-state index contributed by atoms with van der Waals surface area (Å²) in [6.45, 7) is 5.83.